The fourth-order valence-corrected chi connectivity index (χ4v) is 2.37. The van der Waals surface area contributed by atoms with E-state index in [2.05, 4.69) is 19.2 Å². The van der Waals surface area contributed by atoms with Crippen LogP contribution in [0.1, 0.15) is 34.1 Å². The molecule has 1 heterocycles. The van der Waals surface area contributed by atoms with Gasteiger partial charge in [0.2, 0.25) is 5.91 Å². The van der Waals surface area contributed by atoms with Crippen LogP contribution >= 0.6 is 0 Å². The predicted molar refractivity (Wildman–Crippen MR) is 64.0 cm³/mol. The van der Waals surface area contributed by atoms with Gasteiger partial charge in [0.1, 0.15) is 0 Å². The van der Waals surface area contributed by atoms with Crippen LogP contribution in [0.5, 0.6) is 0 Å². The minimum atomic E-state index is -0.0192. The molecule has 1 N–H and O–H groups in total. The lowest BCUT2D eigenvalue weighted by Gasteiger charge is -2.27. The molecule has 1 saturated heterocycles. The number of nitrogens with zero attached hydrogens (tertiary/aromatic N) is 1. The first-order chi connectivity index (χ1) is 7.47. The lowest BCUT2D eigenvalue weighted by Crippen LogP contribution is -2.43. The van der Waals surface area contributed by atoms with Crippen molar-refractivity contribution in [1.82, 2.24) is 10.2 Å². The van der Waals surface area contributed by atoms with Crippen molar-refractivity contribution in [2.45, 2.75) is 52.4 Å². The minimum Gasteiger partial charge on any atom is -0.383 e. The maximum atomic E-state index is 12.2. The molecule has 16 heavy (non-hydrogen) atoms. The van der Waals surface area contributed by atoms with Gasteiger partial charge in [-0.1, -0.05) is 13.8 Å². The number of amides is 1. The molecule has 1 aliphatic heterocycles. The molecule has 1 rings (SSSR count). The Hall–Kier alpha value is -0.610. The maximum Gasteiger partial charge on any atom is 0.241 e. The minimum absolute atomic E-state index is 0.0192. The maximum absolute atomic E-state index is 12.2. The summed E-state index contributed by atoms with van der Waals surface area (Å²) in [4.78, 5) is 14.1. The van der Waals surface area contributed by atoms with E-state index >= 15 is 0 Å². The number of rotatable bonds is 5. The molecule has 0 aliphatic carbocycles. The van der Waals surface area contributed by atoms with Crippen molar-refractivity contribution in [3.05, 3.63) is 0 Å². The van der Waals surface area contributed by atoms with Crippen molar-refractivity contribution in [3.8, 4) is 0 Å². The lowest BCUT2D eigenvalue weighted by atomic mass is 10.0. The van der Waals surface area contributed by atoms with E-state index in [0.717, 1.165) is 6.42 Å². The summed E-state index contributed by atoms with van der Waals surface area (Å²) in [5, 5.41) is 3.35. The average Bonchev–Trinajstić information content (AvgIpc) is 2.41. The van der Waals surface area contributed by atoms with E-state index < -0.39 is 0 Å². The van der Waals surface area contributed by atoms with Gasteiger partial charge < -0.3 is 9.64 Å². The van der Waals surface area contributed by atoms with Crippen LogP contribution < -0.4 is 5.32 Å². The molecular formula is C12H24N2O2. The zero-order valence-electron chi connectivity index (χ0n) is 11.0. The molecule has 0 aromatic carbocycles. The highest BCUT2D eigenvalue weighted by molar-refractivity contribution is 5.84. The molecule has 4 heteroatoms. The van der Waals surface area contributed by atoms with Gasteiger partial charge >= 0.3 is 0 Å². The van der Waals surface area contributed by atoms with Crippen LogP contribution in [0.4, 0.5) is 0 Å². The second-order valence-corrected chi connectivity index (χ2v) is 5.07. The van der Waals surface area contributed by atoms with Crippen LogP contribution in [0.2, 0.25) is 0 Å². The van der Waals surface area contributed by atoms with Gasteiger partial charge in [-0.25, -0.2) is 0 Å². The highest BCUT2D eigenvalue weighted by atomic mass is 16.5. The molecule has 1 fully saturated rings. The summed E-state index contributed by atoms with van der Waals surface area (Å²) in [5.74, 6) is 0.747. The Labute approximate surface area is 98.3 Å². The summed E-state index contributed by atoms with van der Waals surface area (Å²) >= 11 is 0. The molecular weight excluding hydrogens is 204 g/mol. The molecule has 0 radical (unpaired) electrons. The zero-order valence-corrected chi connectivity index (χ0v) is 11.0. The predicted octanol–water partition coefficient (Wildman–Crippen LogP) is 1.21. The lowest BCUT2D eigenvalue weighted by molar-refractivity contribution is -0.133. The second kappa shape index (κ2) is 5.64. The van der Waals surface area contributed by atoms with E-state index in [1.54, 1.807) is 7.11 Å². The fraction of sp³-hybridized carbons (Fsp3) is 0.917. The highest BCUT2D eigenvalue weighted by Crippen LogP contribution is 2.19. The van der Waals surface area contributed by atoms with E-state index in [9.17, 15) is 4.79 Å². The van der Waals surface area contributed by atoms with E-state index in [0.29, 0.717) is 12.5 Å². The number of carbonyl (C=O) groups excluding carboxylic acids is 1. The molecule has 3 unspecified atom stereocenters. The van der Waals surface area contributed by atoms with Crippen molar-refractivity contribution in [2.24, 2.45) is 5.92 Å². The Morgan fingerprint density at radius 1 is 1.44 bits per heavy atom. The Kier molecular flexibility index (Phi) is 4.74. The number of methoxy groups -OCH3 is 1. The third-order valence-electron chi connectivity index (χ3n) is 3.00. The van der Waals surface area contributed by atoms with E-state index in [1.807, 2.05) is 18.7 Å². The molecule has 1 aliphatic rings. The molecule has 0 aromatic rings. The summed E-state index contributed by atoms with van der Waals surface area (Å²) in [5.41, 5.74) is 0. The molecule has 94 valence electrons. The molecule has 3 atom stereocenters. The van der Waals surface area contributed by atoms with Gasteiger partial charge in [-0.15, -0.1) is 0 Å². The number of nitrogens with one attached hydrogen (secondary N) is 1. The Morgan fingerprint density at radius 3 is 2.56 bits per heavy atom. The van der Waals surface area contributed by atoms with E-state index in [1.165, 1.54) is 0 Å². The van der Waals surface area contributed by atoms with Gasteiger partial charge in [0.05, 0.1) is 24.9 Å². The second-order valence-electron chi connectivity index (χ2n) is 5.07. The fourth-order valence-electron chi connectivity index (χ4n) is 2.37. The van der Waals surface area contributed by atoms with Crippen molar-refractivity contribution in [3.63, 3.8) is 0 Å². The quantitative estimate of drug-likeness (QED) is 0.769. The summed E-state index contributed by atoms with van der Waals surface area (Å²) in [7, 11) is 1.67. The SMILES string of the molecule is COCC(C)N1C(=O)C(CC(C)C)NC1C. The van der Waals surface area contributed by atoms with Crippen LogP contribution in [0.3, 0.4) is 0 Å². The van der Waals surface area contributed by atoms with E-state index in [-0.39, 0.29) is 24.2 Å². The van der Waals surface area contributed by atoms with Gasteiger partial charge in [-0.3, -0.25) is 10.1 Å². The third-order valence-corrected chi connectivity index (χ3v) is 3.00. The highest BCUT2D eigenvalue weighted by Gasteiger charge is 2.38. The van der Waals surface area contributed by atoms with Crippen LogP contribution in [0.25, 0.3) is 0 Å². The summed E-state index contributed by atoms with van der Waals surface area (Å²) in [6.07, 6.45) is 1.01. The normalized spacial score (nSPS) is 27.9. The standard InChI is InChI=1S/C12H24N2O2/c1-8(2)6-11-12(15)14(10(4)13-11)9(3)7-16-5/h8-11,13H,6-7H2,1-5H3. The van der Waals surface area contributed by atoms with Gasteiger partial charge in [0, 0.05) is 7.11 Å². The van der Waals surface area contributed by atoms with Gasteiger partial charge in [-0.2, -0.15) is 0 Å². The van der Waals surface area contributed by atoms with Crippen molar-refractivity contribution in [1.29, 1.82) is 0 Å². The first-order valence-corrected chi connectivity index (χ1v) is 6.04. The average molecular weight is 228 g/mol. The molecule has 0 saturated carbocycles. The zero-order chi connectivity index (χ0) is 12.3. The first kappa shape index (κ1) is 13.5. The van der Waals surface area contributed by atoms with Crippen LogP contribution in [-0.2, 0) is 9.53 Å². The largest absolute Gasteiger partial charge is 0.383 e. The monoisotopic (exact) mass is 228 g/mol. The number of hydrogen-bond acceptors (Lipinski definition) is 3. The molecule has 0 bridgehead atoms. The summed E-state index contributed by atoms with van der Waals surface area (Å²) < 4.78 is 5.11. The summed E-state index contributed by atoms with van der Waals surface area (Å²) in [6, 6.07) is 0.117. The van der Waals surface area contributed by atoms with Gasteiger partial charge in [0.25, 0.3) is 0 Å². The topological polar surface area (TPSA) is 41.6 Å². The van der Waals surface area contributed by atoms with E-state index in [4.69, 9.17) is 4.74 Å². The molecule has 4 nitrogen and oxygen atoms in total. The molecule has 0 aromatic heterocycles. The molecule has 1 amide bonds. The van der Waals surface area contributed by atoms with Crippen molar-refractivity contribution in [2.75, 3.05) is 13.7 Å². The molecule has 0 spiro atoms. The summed E-state index contributed by atoms with van der Waals surface area (Å²) in [6.45, 7) is 8.93. The third kappa shape index (κ3) is 2.95. The van der Waals surface area contributed by atoms with Crippen LogP contribution in [0.15, 0.2) is 0 Å². The number of ether oxygens (including phenoxy) is 1. The smallest absolute Gasteiger partial charge is 0.241 e. The van der Waals surface area contributed by atoms with Crippen molar-refractivity contribution < 1.29 is 9.53 Å². The van der Waals surface area contributed by atoms with Crippen molar-refractivity contribution >= 4 is 5.91 Å². The number of hydrogen-bond donors (Lipinski definition) is 1. The Balaban J connectivity index is 2.63. The first-order valence-electron chi connectivity index (χ1n) is 6.04. The number of carbonyl (C=O) groups is 1. The van der Waals surface area contributed by atoms with Gasteiger partial charge in [-0.05, 0) is 26.2 Å². The Morgan fingerprint density at radius 2 is 2.06 bits per heavy atom. The van der Waals surface area contributed by atoms with Crippen LogP contribution in [0, 0.1) is 5.92 Å². The van der Waals surface area contributed by atoms with Crippen LogP contribution in [-0.4, -0.2) is 42.8 Å². The Bertz CT molecular complexity index is 243. The van der Waals surface area contributed by atoms with Gasteiger partial charge in [0.15, 0.2) is 0 Å².